The molecule has 0 aliphatic carbocycles. The van der Waals surface area contributed by atoms with Crippen LogP contribution in [0.4, 0.5) is 22.0 Å². The van der Waals surface area contributed by atoms with Crippen LogP contribution in [0.25, 0.3) is 10.8 Å². The summed E-state index contributed by atoms with van der Waals surface area (Å²) in [5, 5.41) is -0.0464. The second-order valence-electron chi connectivity index (χ2n) is 7.33. The molecular formula is C25H17F5O2. The third-order valence-electron chi connectivity index (χ3n) is 5.14. The van der Waals surface area contributed by atoms with Crippen molar-refractivity contribution in [1.29, 1.82) is 0 Å². The smallest absolute Gasteiger partial charge is 0.195 e. The van der Waals surface area contributed by atoms with Gasteiger partial charge in [-0.15, -0.1) is 6.58 Å². The van der Waals surface area contributed by atoms with Crippen LogP contribution in [0.1, 0.15) is 29.2 Å². The van der Waals surface area contributed by atoms with Gasteiger partial charge in [0.2, 0.25) is 0 Å². The maximum absolute atomic E-state index is 14.6. The average Bonchev–Trinajstić information content (AvgIpc) is 2.77. The van der Waals surface area contributed by atoms with Crippen molar-refractivity contribution in [3.8, 4) is 11.8 Å². The topological polar surface area (TPSA) is 18.5 Å². The predicted octanol–water partition coefficient (Wildman–Crippen LogP) is 5.97. The van der Waals surface area contributed by atoms with Gasteiger partial charge in [0.05, 0.1) is 24.9 Å². The van der Waals surface area contributed by atoms with E-state index in [0.29, 0.717) is 12.0 Å². The first kappa shape index (κ1) is 22.0. The zero-order valence-electron chi connectivity index (χ0n) is 16.7. The van der Waals surface area contributed by atoms with E-state index in [-0.39, 0.29) is 35.7 Å². The lowest BCUT2D eigenvalue weighted by atomic mass is 10.0. The first-order valence-corrected chi connectivity index (χ1v) is 9.79. The second kappa shape index (κ2) is 9.11. The third kappa shape index (κ3) is 4.38. The van der Waals surface area contributed by atoms with Gasteiger partial charge < -0.3 is 9.47 Å². The highest BCUT2D eigenvalue weighted by Crippen LogP contribution is 2.27. The van der Waals surface area contributed by atoms with Crippen molar-refractivity contribution < 1.29 is 31.4 Å². The lowest BCUT2D eigenvalue weighted by Gasteiger charge is -2.29. The molecule has 1 saturated heterocycles. The largest absolute Gasteiger partial charge is 0.372 e. The molecule has 0 spiro atoms. The minimum absolute atomic E-state index is 0.0775. The Balaban J connectivity index is 1.58. The van der Waals surface area contributed by atoms with Gasteiger partial charge in [-0.2, -0.15) is 0 Å². The van der Waals surface area contributed by atoms with E-state index in [2.05, 4.69) is 18.4 Å². The number of halogens is 5. The lowest BCUT2D eigenvalue weighted by molar-refractivity contribution is -0.133. The molecule has 1 heterocycles. The standard InChI is InChI=1S/C25H17F5O2/c1-2-3-17-12-32-23(13-31-17)16-10-20(26)19(21(27)11-16)7-5-14-4-6-18-15(8-14)9-22(28)25(30)24(18)29/h2,4,6,8-11,17,23H,1,3,12-13H2. The second-order valence-corrected chi connectivity index (χ2v) is 7.33. The van der Waals surface area contributed by atoms with Gasteiger partial charge in [0, 0.05) is 10.9 Å². The summed E-state index contributed by atoms with van der Waals surface area (Å²) < 4.78 is 81.1. The predicted molar refractivity (Wildman–Crippen MR) is 109 cm³/mol. The van der Waals surface area contributed by atoms with Crippen LogP contribution in [0.15, 0.2) is 49.1 Å². The Morgan fingerprint density at radius 3 is 2.28 bits per heavy atom. The van der Waals surface area contributed by atoms with E-state index in [4.69, 9.17) is 9.47 Å². The van der Waals surface area contributed by atoms with E-state index in [1.54, 1.807) is 6.08 Å². The summed E-state index contributed by atoms with van der Waals surface area (Å²) in [5.74, 6) is -0.967. The fourth-order valence-electron chi connectivity index (χ4n) is 3.47. The molecule has 1 aliphatic heterocycles. The highest BCUT2D eigenvalue weighted by atomic mass is 19.2. The molecule has 0 radical (unpaired) electrons. The Kier molecular flexibility index (Phi) is 6.26. The summed E-state index contributed by atoms with van der Waals surface area (Å²) >= 11 is 0. The highest BCUT2D eigenvalue weighted by Gasteiger charge is 2.24. The molecule has 0 aromatic heterocycles. The van der Waals surface area contributed by atoms with Crippen LogP contribution in [0, 0.1) is 40.9 Å². The van der Waals surface area contributed by atoms with Gasteiger partial charge in [-0.05, 0) is 47.7 Å². The fourth-order valence-corrected chi connectivity index (χ4v) is 3.47. The van der Waals surface area contributed by atoms with Crippen LogP contribution in [-0.4, -0.2) is 19.3 Å². The molecule has 2 nitrogen and oxygen atoms in total. The molecule has 164 valence electrons. The fraction of sp³-hybridized carbons (Fsp3) is 0.200. The summed E-state index contributed by atoms with van der Waals surface area (Å²) in [7, 11) is 0. The van der Waals surface area contributed by atoms with Crippen LogP contribution in [0.5, 0.6) is 0 Å². The van der Waals surface area contributed by atoms with E-state index in [9.17, 15) is 22.0 Å². The monoisotopic (exact) mass is 444 g/mol. The zero-order chi connectivity index (χ0) is 22.8. The summed E-state index contributed by atoms with van der Waals surface area (Å²) in [6.45, 7) is 4.08. The molecule has 32 heavy (non-hydrogen) atoms. The first-order valence-electron chi connectivity index (χ1n) is 9.79. The van der Waals surface area contributed by atoms with E-state index < -0.39 is 40.8 Å². The molecule has 2 unspecified atom stereocenters. The Labute approximate surface area is 181 Å². The summed E-state index contributed by atoms with van der Waals surface area (Å²) in [6.07, 6.45) is 1.59. The number of fused-ring (bicyclic) bond motifs is 1. The van der Waals surface area contributed by atoms with Gasteiger partial charge >= 0.3 is 0 Å². The minimum Gasteiger partial charge on any atom is -0.372 e. The summed E-state index contributed by atoms with van der Waals surface area (Å²) in [4.78, 5) is 0. The zero-order valence-corrected chi connectivity index (χ0v) is 16.7. The molecular weight excluding hydrogens is 427 g/mol. The van der Waals surface area contributed by atoms with Gasteiger partial charge in [0.15, 0.2) is 17.5 Å². The van der Waals surface area contributed by atoms with Gasteiger partial charge in [-0.3, -0.25) is 0 Å². The van der Waals surface area contributed by atoms with Crippen LogP contribution >= 0.6 is 0 Å². The van der Waals surface area contributed by atoms with Crippen LogP contribution < -0.4 is 0 Å². The lowest BCUT2D eigenvalue weighted by Crippen LogP contribution is -2.30. The number of hydrogen-bond donors (Lipinski definition) is 0. The van der Waals surface area contributed by atoms with Crippen molar-refractivity contribution in [2.24, 2.45) is 0 Å². The normalized spacial score (nSPS) is 18.3. The number of ether oxygens (including phenoxy) is 2. The molecule has 2 atom stereocenters. The van der Waals surface area contributed by atoms with E-state index >= 15 is 0 Å². The van der Waals surface area contributed by atoms with Crippen LogP contribution in [0.2, 0.25) is 0 Å². The average molecular weight is 444 g/mol. The molecule has 0 amide bonds. The van der Waals surface area contributed by atoms with Crippen LogP contribution in [0.3, 0.4) is 0 Å². The molecule has 0 bridgehead atoms. The quantitative estimate of drug-likeness (QED) is 0.215. The highest BCUT2D eigenvalue weighted by molar-refractivity contribution is 5.84. The molecule has 3 aromatic carbocycles. The molecule has 3 aromatic rings. The van der Waals surface area contributed by atoms with Gasteiger partial charge in [-0.25, -0.2) is 22.0 Å². The Morgan fingerprint density at radius 1 is 0.875 bits per heavy atom. The number of rotatable bonds is 3. The number of hydrogen-bond acceptors (Lipinski definition) is 2. The van der Waals surface area contributed by atoms with Crippen molar-refractivity contribution in [3.63, 3.8) is 0 Å². The van der Waals surface area contributed by atoms with Gasteiger partial charge in [-0.1, -0.05) is 24.0 Å². The van der Waals surface area contributed by atoms with Crippen molar-refractivity contribution in [1.82, 2.24) is 0 Å². The maximum Gasteiger partial charge on any atom is 0.195 e. The Hall–Kier alpha value is -3.21. The van der Waals surface area contributed by atoms with Gasteiger partial charge in [0.25, 0.3) is 0 Å². The maximum atomic E-state index is 14.6. The van der Waals surface area contributed by atoms with Crippen LogP contribution in [-0.2, 0) is 9.47 Å². The third-order valence-corrected chi connectivity index (χ3v) is 5.14. The molecule has 4 rings (SSSR count). The molecule has 7 heteroatoms. The molecule has 0 saturated carbocycles. The molecule has 0 N–H and O–H groups in total. The Morgan fingerprint density at radius 2 is 1.62 bits per heavy atom. The minimum atomic E-state index is -1.57. The van der Waals surface area contributed by atoms with Crippen molar-refractivity contribution in [2.75, 3.05) is 13.2 Å². The van der Waals surface area contributed by atoms with Crippen molar-refractivity contribution >= 4 is 10.8 Å². The van der Waals surface area contributed by atoms with Gasteiger partial charge in [0.1, 0.15) is 17.7 Å². The van der Waals surface area contributed by atoms with E-state index in [0.717, 1.165) is 18.2 Å². The molecule has 1 fully saturated rings. The SMILES string of the molecule is C=CCC1COC(c2cc(F)c(C#Cc3ccc4c(F)c(F)c(F)cc4c3)c(F)c2)CO1. The van der Waals surface area contributed by atoms with Crippen molar-refractivity contribution in [3.05, 3.63) is 94.8 Å². The Bertz CT molecular complexity index is 1230. The first-order chi connectivity index (χ1) is 15.4. The summed E-state index contributed by atoms with van der Waals surface area (Å²) in [5.41, 5.74) is 0.0934. The molecule has 1 aliphatic rings. The van der Waals surface area contributed by atoms with E-state index in [1.807, 2.05) is 0 Å². The van der Waals surface area contributed by atoms with Crippen molar-refractivity contribution in [2.45, 2.75) is 18.6 Å². The number of benzene rings is 3. The van der Waals surface area contributed by atoms with E-state index in [1.165, 1.54) is 18.2 Å². The summed E-state index contributed by atoms with van der Waals surface area (Å²) in [6, 6.07) is 7.01.